The summed E-state index contributed by atoms with van der Waals surface area (Å²) in [6, 6.07) is 0. The van der Waals surface area contributed by atoms with Crippen LogP contribution in [0, 0.1) is 29.1 Å². The Morgan fingerprint density at radius 2 is 1.35 bits per heavy atom. The molecule has 0 amide bonds. The summed E-state index contributed by atoms with van der Waals surface area (Å²) in [6.07, 6.45) is 5.43. The van der Waals surface area contributed by atoms with Gasteiger partial charge >= 0.3 is 0 Å². The van der Waals surface area contributed by atoms with Crippen molar-refractivity contribution in [3.05, 3.63) is 0 Å². The van der Waals surface area contributed by atoms with Gasteiger partial charge in [-0.3, -0.25) is 0 Å². The van der Waals surface area contributed by atoms with Crippen molar-refractivity contribution in [3.63, 3.8) is 0 Å². The van der Waals surface area contributed by atoms with Crippen LogP contribution in [0.25, 0.3) is 0 Å². The van der Waals surface area contributed by atoms with Gasteiger partial charge in [-0.15, -0.1) is 0 Å². The lowest BCUT2D eigenvalue weighted by Crippen LogP contribution is -2.29. The summed E-state index contributed by atoms with van der Waals surface area (Å²) in [6.45, 7) is 19.2. The lowest BCUT2D eigenvalue weighted by atomic mass is 9.67. The highest BCUT2D eigenvalue weighted by Gasteiger charge is 2.31. The van der Waals surface area contributed by atoms with Gasteiger partial charge in [0.1, 0.15) is 0 Å². The largest absolute Gasteiger partial charge is 0.0654 e. The molecule has 0 aromatic carbocycles. The first kappa shape index (κ1) is 17.0. The molecule has 0 bridgehead atoms. The van der Waals surface area contributed by atoms with E-state index in [1.54, 1.807) is 0 Å². The molecule has 0 saturated heterocycles. The maximum atomic E-state index is 2.46. The molecule has 0 aliphatic heterocycles. The van der Waals surface area contributed by atoms with Gasteiger partial charge in [-0.1, -0.05) is 74.7 Å². The van der Waals surface area contributed by atoms with Gasteiger partial charge in [0.2, 0.25) is 0 Å². The molecular weight excluding hydrogens is 204 g/mol. The van der Waals surface area contributed by atoms with E-state index in [1.165, 1.54) is 25.7 Å². The Bertz CT molecular complexity index is 187. The third-order valence-electron chi connectivity index (χ3n) is 4.78. The summed E-state index contributed by atoms with van der Waals surface area (Å²) in [5.41, 5.74) is 0.454. The van der Waals surface area contributed by atoms with Crippen molar-refractivity contribution in [1.82, 2.24) is 0 Å². The van der Waals surface area contributed by atoms with Crippen molar-refractivity contribution in [2.24, 2.45) is 29.1 Å². The topological polar surface area (TPSA) is 0 Å². The summed E-state index contributed by atoms with van der Waals surface area (Å²) < 4.78 is 0. The highest BCUT2D eigenvalue weighted by atomic mass is 14.4. The van der Waals surface area contributed by atoms with Crippen LogP contribution in [0.3, 0.4) is 0 Å². The minimum absolute atomic E-state index is 0.454. The van der Waals surface area contributed by atoms with Crippen LogP contribution in [-0.4, -0.2) is 0 Å². The van der Waals surface area contributed by atoms with Gasteiger partial charge in [0, 0.05) is 0 Å². The van der Waals surface area contributed by atoms with Gasteiger partial charge in [-0.05, 0) is 35.5 Å². The average Bonchev–Trinajstić information content (AvgIpc) is 2.23. The fourth-order valence-corrected chi connectivity index (χ4v) is 3.10. The second-order valence-corrected chi connectivity index (χ2v) is 7.34. The summed E-state index contributed by atoms with van der Waals surface area (Å²) >= 11 is 0. The second kappa shape index (κ2) is 7.44. The fraction of sp³-hybridized carbons (Fsp3) is 1.00. The lowest BCUT2D eigenvalue weighted by Gasteiger charge is -2.38. The summed E-state index contributed by atoms with van der Waals surface area (Å²) in [7, 11) is 0. The minimum atomic E-state index is 0.454. The zero-order valence-electron chi connectivity index (χ0n) is 13.6. The summed E-state index contributed by atoms with van der Waals surface area (Å²) in [5, 5.41) is 0. The van der Waals surface area contributed by atoms with Crippen molar-refractivity contribution in [2.75, 3.05) is 0 Å². The van der Waals surface area contributed by atoms with E-state index in [9.17, 15) is 0 Å². The average molecular weight is 240 g/mol. The summed E-state index contributed by atoms with van der Waals surface area (Å²) in [4.78, 5) is 0. The van der Waals surface area contributed by atoms with Gasteiger partial charge in [0.15, 0.2) is 0 Å². The van der Waals surface area contributed by atoms with Crippen molar-refractivity contribution in [2.45, 2.75) is 81.1 Å². The van der Waals surface area contributed by atoms with Crippen molar-refractivity contribution in [1.29, 1.82) is 0 Å². The zero-order valence-corrected chi connectivity index (χ0v) is 13.6. The molecule has 0 spiro atoms. The second-order valence-electron chi connectivity index (χ2n) is 7.34. The Balaban J connectivity index is 4.54. The first-order chi connectivity index (χ1) is 7.73. The molecule has 104 valence electrons. The van der Waals surface area contributed by atoms with Crippen LogP contribution in [0.15, 0.2) is 0 Å². The molecule has 0 saturated carbocycles. The fourth-order valence-electron chi connectivity index (χ4n) is 3.10. The van der Waals surface area contributed by atoms with Crippen LogP contribution in [0.4, 0.5) is 0 Å². The van der Waals surface area contributed by atoms with Gasteiger partial charge in [0.25, 0.3) is 0 Å². The van der Waals surface area contributed by atoms with E-state index in [0.717, 1.165) is 23.7 Å². The van der Waals surface area contributed by atoms with Crippen LogP contribution in [-0.2, 0) is 0 Å². The number of rotatable bonds is 7. The quantitative estimate of drug-likeness (QED) is 0.500. The van der Waals surface area contributed by atoms with Crippen LogP contribution in [0.5, 0.6) is 0 Å². The van der Waals surface area contributed by atoms with Gasteiger partial charge in [-0.2, -0.15) is 0 Å². The van der Waals surface area contributed by atoms with Crippen LogP contribution >= 0.6 is 0 Å². The Morgan fingerprint density at radius 3 is 1.71 bits per heavy atom. The van der Waals surface area contributed by atoms with Crippen molar-refractivity contribution >= 4 is 0 Å². The molecule has 4 unspecified atom stereocenters. The Morgan fingerprint density at radius 1 is 0.824 bits per heavy atom. The van der Waals surface area contributed by atoms with E-state index < -0.39 is 0 Å². The maximum Gasteiger partial charge on any atom is -0.0337 e. The molecule has 0 aromatic heterocycles. The molecule has 0 N–H and O–H groups in total. The summed E-state index contributed by atoms with van der Waals surface area (Å²) in [5.74, 6) is 3.47. The molecule has 17 heavy (non-hydrogen) atoms. The molecular formula is C17H36. The molecule has 0 heteroatoms. The lowest BCUT2D eigenvalue weighted by molar-refractivity contribution is 0.118. The van der Waals surface area contributed by atoms with E-state index in [1.807, 2.05) is 0 Å². The first-order valence-electron chi connectivity index (χ1n) is 7.73. The molecule has 0 radical (unpaired) electrons. The normalized spacial score (nSPS) is 19.8. The molecule has 0 aliphatic carbocycles. The molecule has 0 nitrogen and oxygen atoms in total. The van der Waals surface area contributed by atoms with Crippen molar-refractivity contribution in [3.8, 4) is 0 Å². The van der Waals surface area contributed by atoms with E-state index in [4.69, 9.17) is 0 Å². The van der Waals surface area contributed by atoms with Crippen LogP contribution in [0.2, 0.25) is 0 Å². The Kier molecular flexibility index (Phi) is 7.44. The van der Waals surface area contributed by atoms with E-state index in [2.05, 4.69) is 55.4 Å². The molecule has 0 aliphatic rings. The van der Waals surface area contributed by atoms with Crippen LogP contribution in [0.1, 0.15) is 81.1 Å². The maximum absolute atomic E-state index is 2.46. The molecule has 0 aromatic rings. The van der Waals surface area contributed by atoms with Gasteiger partial charge < -0.3 is 0 Å². The SMILES string of the molecule is CCCC(C)C(C)CC(C(C)CC)C(C)(C)C. The standard InChI is InChI=1S/C17H36/c1-9-11-14(4)15(5)12-16(13(3)10-2)17(6,7)8/h13-16H,9-12H2,1-8H3. The van der Waals surface area contributed by atoms with Gasteiger partial charge in [0.05, 0.1) is 0 Å². The predicted molar refractivity (Wildman–Crippen MR) is 80.3 cm³/mol. The van der Waals surface area contributed by atoms with E-state index in [0.29, 0.717) is 5.41 Å². The highest BCUT2D eigenvalue weighted by molar-refractivity contribution is 4.80. The monoisotopic (exact) mass is 240 g/mol. The smallest absolute Gasteiger partial charge is 0.0337 e. The van der Waals surface area contributed by atoms with Crippen molar-refractivity contribution < 1.29 is 0 Å². The number of hydrogen-bond donors (Lipinski definition) is 0. The van der Waals surface area contributed by atoms with Crippen LogP contribution < -0.4 is 0 Å². The highest BCUT2D eigenvalue weighted by Crippen LogP contribution is 2.40. The zero-order chi connectivity index (χ0) is 13.6. The molecule has 4 atom stereocenters. The molecule has 0 rings (SSSR count). The minimum Gasteiger partial charge on any atom is -0.0654 e. The molecule has 0 heterocycles. The Hall–Kier alpha value is 0. The number of hydrogen-bond acceptors (Lipinski definition) is 0. The molecule has 0 fully saturated rings. The predicted octanol–water partition coefficient (Wildman–Crippen LogP) is 6.16. The van der Waals surface area contributed by atoms with Gasteiger partial charge in [-0.25, -0.2) is 0 Å². The first-order valence-corrected chi connectivity index (χ1v) is 7.73. The third kappa shape index (κ3) is 5.93. The van der Waals surface area contributed by atoms with E-state index >= 15 is 0 Å². The third-order valence-corrected chi connectivity index (χ3v) is 4.78. The Labute approximate surface area is 111 Å². The van der Waals surface area contributed by atoms with E-state index in [-0.39, 0.29) is 0 Å².